The highest BCUT2D eigenvalue weighted by Gasteiger charge is 2.11. The van der Waals surface area contributed by atoms with Crippen LogP contribution in [0.1, 0.15) is 0 Å². The fourth-order valence-corrected chi connectivity index (χ4v) is 6.05. The first-order valence-electron chi connectivity index (χ1n) is 15.0. The first kappa shape index (κ1) is 25.9. The van der Waals surface area contributed by atoms with Gasteiger partial charge in [-0.3, -0.25) is 0 Å². The average Bonchev–Trinajstić information content (AvgIpc) is 3.11. The van der Waals surface area contributed by atoms with Crippen molar-refractivity contribution in [3.8, 4) is 55.9 Å². The van der Waals surface area contributed by atoms with Crippen molar-refractivity contribution in [1.82, 2.24) is 4.98 Å². The van der Waals surface area contributed by atoms with Gasteiger partial charge in [0.05, 0.1) is 11.4 Å². The molecule has 0 amide bonds. The van der Waals surface area contributed by atoms with Gasteiger partial charge in [-0.25, -0.2) is 4.98 Å². The maximum Gasteiger partial charge on any atom is 0.0715 e. The minimum Gasteiger partial charge on any atom is -0.248 e. The first-order valence-corrected chi connectivity index (χ1v) is 15.0. The zero-order chi connectivity index (χ0) is 29.3. The highest BCUT2D eigenvalue weighted by atomic mass is 14.7. The van der Waals surface area contributed by atoms with E-state index in [1.807, 2.05) is 0 Å². The van der Waals surface area contributed by atoms with Crippen molar-refractivity contribution in [1.29, 1.82) is 0 Å². The molecule has 0 aliphatic heterocycles. The number of hydrogen-bond donors (Lipinski definition) is 0. The molecule has 0 atom stereocenters. The Morgan fingerprint density at radius 2 is 0.636 bits per heavy atom. The fourth-order valence-electron chi connectivity index (χ4n) is 6.05. The topological polar surface area (TPSA) is 12.9 Å². The molecular weight excluding hydrogens is 530 g/mol. The van der Waals surface area contributed by atoms with Gasteiger partial charge in [-0.15, -0.1) is 0 Å². The van der Waals surface area contributed by atoms with E-state index in [9.17, 15) is 0 Å². The lowest BCUT2D eigenvalue weighted by Gasteiger charge is -2.12. The SMILES string of the molecule is c1ccc(-c2cccc(-c3ccc(-c4cc(-c5ccc6ccccc6c5)nc(-c5ccc6ccccc6c5)c4)cc3)c2)cc1. The van der Waals surface area contributed by atoms with Gasteiger partial charge >= 0.3 is 0 Å². The molecule has 8 aromatic rings. The number of rotatable bonds is 5. The zero-order valence-electron chi connectivity index (χ0n) is 24.2. The molecular formula is C43H29N. The smallest absolute Gasteiger partial charge is 0.0715 e. The van der Waals surface area contributed by atoms with Crippen LogP contribution in [-0.2, 0) is 0 Å². The van der Waals surface area contributed by atoms with Crippen LogP contribution < -0.4 is 0 Å². The molecule has 1 nitrogen and oxygen atoms in total. The molecule has 206 valence electrons. The van der Waals surface area contributed by atoms with E-state index in [1.165, 1.54) is 49.4 Å². The fraction of sp³-hybridized carbons (Fsp3) is 0. The summed E-state index contributed by atoms with van der Waals surface area (Å²) in [5.41, 5.74) is 11.3. The molecule has 44 heavy (non-hydrogen) atoms. The summed E-state index contributed by atoms with van der Waals surface area (Å²) >= 11 is 0. The second kappa shape index (κ2) is 11.1. The molecule has 1 aromatic heterocycles. The minimum atomic E-state index is 0.969. The van der Waals surface area contributed by atoms with Crippen LogP contribution in [0.4, 0.5) is 0 Å². The molecule has 0 unspecified atom stereocenters. The molecule has 7 aromatic carbocycles. The van der Waals surface area contributed by atoms with Crippen LogP contribution >= 0.6 is 0 Å². The average molecular weight is 560 g/mol. The quantitative estimate of drug-likeness (QED) is 0.204. The number of hydrogen-bond acceptors (Lipinski definition) is 1. The predicted octanol–water partition coefficient (Wildman–Crippen LogP) is 11.7. The second-order valence-electron chi connectivity index (χ2n) is 11.3. The Morgan fingerprint density at radius 1 is 0.227 bits per heavy atom. The largest absolute Gasteiger partial charge is 0.248 e. The zero-order valence-corrected chi connectivity index (χ0v) is 24.2. The van der Waals surface area contributed by atoms with Crippen molar-refractivity contribution < 1.29 is 0 Å². The first-order chi connectivity index (χ1) is 21.8. The van der Waals surface area contributed by atoms with E-state index in [1.54, 1.807) is 0 Å². The molecule has 0 spiro atoms. The Balaban J connectivity index is 1.22. The summed E-state index contributed by atoms with van der Waals surface area (Å²) in [6, 6.07) is 62.9. The summed E-state index contributed by atoms with van der Waals surface area (Å²) in [6.45, 7) is 0. The van der Waals surface area contributed by atoms with Crippen LogP contribution in [0.25, 0.3) is 77.4 Å². The van der Waals surface area contributed by atoms with Crippen LogP contribution in [0.15, 0.2) is 176 Å². The van der Waals surface area contributed by atoms with Gasteiger partial charge in [0.1, 0.15) is 0 Å². The Hall–Kier alpha value is -5.79. The Morgan fingerprint density at radius 3 is 1.18 bits per heavy atom. The third-order valence-electron chi connectivity index (χ3n) is 8.44. The van der Waals surface area contributed by atoms with E-state index >= 15 is 0 Å². The number of benzene rings is 7. The standard InChI is InChI=1S/C43H29N/c1-2-9-30(10-3-1)37-15-8-16-38(25-37)33-17-19-34(20-18-33)41-28-42(39-23-21-31-11-4-6-13-35(31)26-39)44-43(29-41)40-24-22-32-12-5-7-14-36(32)27-40/h1-29H. The molecule has 0 saturated heterocycles. The molecule has 8 rings (SSSR count). The van der Waals surface area contributed by atoms with Gasteiger partial charge in [-0.2, -0.15) is 0 Å². The van der Waals surface area contributed by atoms with Crippen molar-refractivity contribution in [3.63, 3.8) is 0 Å². The summed E-state index contributed by atoms with van der Waals surface area (Å²) in [6.07, 6.45) is 0. The van der Waals surface area contributed by atoms with Gasteiger partial charge in [0.15, 0.2) is 0 Å². The summed E-state index contributed by atoms with van der Waals surface area (Å²) in [5, 5.41) is 4.89. The molecule has 0 N–H and O–H groups in total. The Labute approximate surface area is 257 Å². The van der Waals surface area contributed by atoms with Crippen molar-refractivity contribution in [2.45, 2.75) is 0 Å². The van der Waals surface area contributed by atoms with Gasteiger partial charge in [-0.05, 0) is 85.3 Å². The van der Waals surface area contributed by atoms with Crippen molar-refractivity contribution in [2.24, 2.45) is 0 Å². The second-order valence-corrected chi connectivity index (χ2v) is 11.3. The van der Waals surface area contributed by atoms with Crippen molar-refractivity contribution in [2.75, 3.05) is 0 Å². The number of fused-ring (bicyclic) bond motifs is 2. The van der Waals surface area contributed by atoms with Crippen LogP contribution in [-0.4, -0.2) is 4.98 Å². The van der Waals surface area contributed by atoms with Crippen LogP contribution in [0, 0.1) is 0 Å². The summed E-state index contributed by atoms with van der Waals surface area (Å²) in [4.78, 5) is 5.22. The summed E-state index contributed by atoms with van der Waals surface area (Å²) in [7, 11) is 0. The van der Waals surface area contributed by atoms with Gasteiger partial charge in [0.25, 0.3) is 0 Å². The Kier molecular flexibility index (Phi) is 6.55. The third kappa shape index (κ3) is 5.06. The number of aromatic nitrogens is 1. The highest BCUT2D eigenvalue weighted by Crippen LogP contribution is 2.34. The maximum absolute atomic E-state index is 5.22. The third-order valence-corrected chi connectivity index (χ3v) is 8.44. The maximum atomic E-state index is 5.22. The molecule has 0 saturated carbocycles. The monoisotopic (exact) mass is 559 g/mol. The normalized spacial score (nSPS) is 11.2. The van der Waals surface area contributed by atoms with Crippen LogP contribution in [0.3, 0.4) is 0 Å². The summed E-state index contributed by atoms with van der Waals surface area (Å²) < 4.78 is 0. The van der Waals surface area contributed by atoms with E-state index < -0.39 is 0 Å². The van der Waals surface area contributed by atoms with Crippen molar-refractivity contribution >= 4 is 21.5 Å². The van der Waals surface area contributed by atoms with Crippen molar-refractivity contribution in [3.05, 3.63) is 176 Å². The van der Waals surface area contributed by atoms with Gasteiger partial charge in [-0.1, -0.05) is 146 Å². The van der Waals surface area contributed by atoms with E-state index in [4.69, 9.17) is 4.98 Å². The predicted molar refractivity (Wildman–Crippen MR) is 186 cm³/mol. The van der Waals surface area contributed by atoms with Crippen LogP contribution in [0.5, 0.6) is 0 Å². The minimum absolute atomic E-state index is 0.969. The van der Waals surface area contributed by atoms with Crippen LogP contribution in [0.2, 0.25) is 0 Å². The molecule has 0 radical (unpaired) electrons. The molecule has 0 aliphatic carbocycles. The van der Waals surface area contributed by atoms with E-state index in [0.717, 1.165) is 28.1 Å². The number of nitrogens with zero attached hydrogens (tertiary/aromatic N) is 1. The highest BCUT2D eigenvalue weighted by molar-refractivity contribution is 5.90. The van der Waals surface area contributed by atoms with E-state index in [-0.39, 0.29) is 0 Å². The van der Waals surface area contributed by atoms with Gasteiger partial charge in [0, 0.05) is 11.1 Å². The van der Waals surface area contributed by atoms with Gasteiger partial charge < -0.3 is 0 Å². The molecule has 1 heteroatoms. The van der Waals surface area contributed by atoms with E-state index in [0.29, 0.717) is 0 Å². The lowest BCUT2D eigenvalue weighted by atomic mass is 9.95. The molecule has 0 fully saturated rings. The lowest BCUT2D eigenvalue weighted by molar-refractivity contribution is 1.33. The molecule has 0 aliphatic rings. The van der Waals surface area contributed by atoms with Gasteiger partial charge in [0.2, 0.25) is 0 Å². The molecule has 1 heterocycles. The number of pyridine rings is 1. The summed E-state index contributed by atoms with van der Waals surface area (Å²) in [5.74, 6) is 0. The lowest BCUT2D eigenvalue weighted by Crippen LogP contribution is -1.92. The molecule has 0 bridgehead atoms. The van der Waals surface area contributed by atoms with E-state index in [2.05, 4.69) is 176 Å². The Bertz CT molecular complexity index is 2170.